The molecule has 1 saturated heterocycles. The highest BCUT2D eigenvalue weighted by Crippen LogP contribution is 2.20. The molecule has 0 aliphatic carbocycles. The molecule has 0 saturated carbocycles. The molecule has 1 aliphatic heterocycles. The monoisotopic (exact) mass is 257 g/mol. The van der Waals surface area contributed by atoms with Crippen molar-refractivity contribution in [2.75, 3.05) is 40.4 Å². The number of morpholine rings is 1. The predicted octanol–water partition coefficient (Wildman–Crippen LogP) is -0.495. The third kappa shape index (κ3) is 2.69. The van der Waals surface area contributed by atoms with Gasteiger partial charge >= 0.3 is 0 Å². The van der Waals surface area contributed by atoms with Crippen molar-refractivity contribution in [2.24, 2.45) is 0 Å². The maximum Gasteiger partial charge on any atom is 0.236 e. The zero-order chi connectivity index (χ0) is 13.1. The van der Waals surface area contributed by atoms with Crippen molar-refractivity contribution in [1.82, 2.24) is 14.5 Å². The summed E-state index contributed by atoms with van der Waals surface area (Å²) in [5, 5.41) is 19.2. The summed E-state index contributed by atoms with van der Waals surface area (Å²) in [5.74, 6) is -0.264. The Labute approximate surface area is 106 Å². The van der Waals surface area contributed by atoms with Gasteiger partial charge in [0.1, 0.15) is 0 Å². The second kappa shape index (κ2) is 5.47. The lowest BCUT2D eigenvalue weighted by molar-refractivity contribution is -0.166. The molecule has 2 heterocycles. The number of aromatic nitrogens is 1. The van der Waals surface area contributed by atoms with E-state index in [1.165, 1.54) is 12.1 Å². The highest BCUT2D eigenvalue weighted by atomic mass is 16.7. The number of rotatable bonds is 4. The molecular weight excluding hydrogens is 238 g/mol. The molecule has 0 radical (unpaired) electrons. The Morgan fingerprint density at radius 1 is 1.22 bits per heavy atom. The van der Waals surface area contributed by atoms with Crippen LogP contribution in [-0.4, -0.2) is 71.5 Å². The van der Waals surface area contributed by atoms with Crippen LogP contribution in [0.5, 0.6) is 11.8 Å². The van der Waals surface area contributed by atoms with Crippen LogP contribution >= 0.6 is 0 Å². The molecule has 7 nitrogen and oxygen atoms in total. The molecular formula is C11H19N3O4. The van der Waals surface area contributed by atoms with Gasteiger partial charge in [-0.3, -0.25) is 4.90 Å². The quantitative estimate of drug-likeness (QED) is 0.709. The topological polar surface area (TPSA) is 70.3 Å². The number of nitrogens with zero attached hydrogens (tertiary/aromatic N) is 3. The van der Waals surface area contributed by atoms with Gasteiger partial charge in [0.2, 0.25) is 18.1 Å². The van der Waals surface area contributed by atoms with Crippen LogP contribution in [0.25, 0.3) is 0 Å². The van der Waals surface area contributed by atoms with Crippen LogP contribution in [0.1, 0.15) is 0 Å². The summed E-state index contributed by atoms with van der Waals surface area (Å²) >= 11 is 0. The van der Waals surface area contributed by atoms with Crippen molar-refractivity contribution in [1.29, 1.82) is 0 Å². The van der Waals surface area contributed by atoms with E-state index in [9.17, 15) is 10.2 Å². The molecule has 1 fully saturated rings. The van der Waals surface area contributed by atoms with Crippen molar-refractivity contribution >= 4 is 0 Å². The van der Waals surface area contributed by atoms with Crippen molar-refractivity contribution in [2.45, 2.75) is 6.35 Å². The molecule has 1 atom stereocenters. The van der Waals surface area contributed by atoms with Gasteiger partial charge in [0, 0.05) is 25.2 Å². The lowest BCUT2D eigenvalue weighted by Gasteiger charge is -2.37. The van der Waals surface area contributed by atoms with Crippen LogP contribution in [-0.2, 0) is 4.74 Å². The van der Waals surface area contributed by atoms with Crippen LogP contribution in [0, 0.1) is 0 Å². The van der Waals surface area contributed by atoms with E-state index < -0.39 is 0 Å². The minimum absolute atomic E-state index is 0.132. The number of hydrogen-bond acceptors (Lipinski definition) is 6. The van der Waals surface area contributed by atoms with E-state index in [-0.39, 0.29) is 18.1 Å². The Bertz CT molecular complexity index is 368. The Balaban J connectivity index is 2.11. The molecule has 1 aliphatic rings. The van der Waals surface area contributed by atoms with E-state index in [1.807, 2.05) is 19.0 Å². The van der Waals surface area contributed by atoms with Crippen molar-refractivity contribution in [3.63, 3.8) is 0 Å². The second-order valence-electron chi connectivity index (χ2n) is 4.39. The first-order valence-corrected chi connectivity index (χ1v) is 5.84. The first kappa shape index (κ1) is 13.0. The average Bonchev–Trinajstić information content (AvgIpc) is 2.67. The zero-order valence-corrected chi connectivity index (χ0v) is 10.6. The second-order valence-corrected chi connectivity index (χ2v) is 4.39. The Morgan fingerprint density at radius 2 is 1.78 bits per heavy atom. The Morgan fingerprint density at radius 3 is 2.28 bits per heavy atom. The van der Waals surface area contributed by atoms with E-state index in [1.54, 1.807) is 0 Å². The largest absolute Gasteiger partial charge is 0.492 e. The van der Waals surface area contributed by atoms with Gasteiger partial charge in [-0.15, -0.1) is 4.73 Å². The summed E-state index contributed by atoms with van der Waals surface area (Å²) in [5.41, 5.74) is 0. The molecule has 102 valence electrons. The molecule has 1 aromatic heterocycles. The van der Waals surface area contributed by atoms with Crippen LogP contribution in [0.3, 0.4) is 0 Å². The highest BCUT2D eigenvalue weighted by molar-refractivity contribution is 5.21. The summed E-state index contributed by atoms with van der Waals surface area (Å²) in [6, 6.07) is 2.75. The molecule has 0 aromatic carbocycles. The standard InChI is InChI=1S/C11H19N3O4/c1-12(2)11(13-5-7-17-8-6-13)18-14-9(15)3-4-10(14)16/h3-4,11,15-16H,5-8H2,1-2H3. The van der Waals surface area contributed by atoms with Gasteiger partial charge in [0.05, 0.1) is 13.2 Å². The first-order valence-electron chi connectivity index (χ1n) is 5.84. The summed E-state index contributed by atoms with van der Waals surface area (Å²) < 4.78 is 6.30. The average molecular weight is 257 g/mol. The number of ether oxygens (including phenoxy) is 1. The summed E-state index contributed by atoms with van der Waals surface area (Å²) in [4.78, 5) is 9.57. The van der Waals surface area contributed by atoms with Crippen molar-refractivity contribution in [3.8, 4) is 11.8 Å². The van der Waals surface area contributed by atoms with Gasteiger partial charge in [0.25, 0.3) is 0 Å². The summed E-state index contributed by atoms with van der Waals surface area (Å²) in [6.07, 6.45) is -0.377. The van der Waals surface area contributed by atoms with E-state index in [4.69, 9.17) is 9.57 Å². The third-order valence-corrected chi connectivity index (χ3v) is 2.80. The smallest absolute Gasteiger partial charge is 0.236 e. The molecule has 7 heteroatoms. The molecule has 1 aromatic rings. The number of hydrogen-bond donors (Lipinski definition) is 2. The van der Waals surface area contributed by atoms with Gasteiger partial charge in [0.15, 0.2) is 0 Å². The fourth-order valence-corrected chi connectivity index (χ4v) is 1.89. The van der Waals surface area contributed by atoms with Crippen LogP contribution < -0.4 is 4.84 Å². The highest BCUT2D eigenvalue weighted by Gasteiger charge is 2.26. The molecule has 0 amide bonds. The first-order chi connectivity index (χ1) is 8.59. The maximum absolute atomic E-state index is 9.58. The molecule has 0 spiro atoms. The van der Waals surface area contributed by atoms with Gasteiger partial charge in [-0.25, -0.2) is 4.90 Å². The summed E-state index contributed by atoms with van der Waals surface area (Å²) in [7, 11) is 3.75. The van der Waals surface area contributed by atoms with Crippen molar-refractivity contribution < 1.29 is 19.8 Å². The maximum atomic E-state index is 9.58. The normalized spacial score (nSPS) is 19.1. The third-order valence-electron chi connectivity index (χ3n) is 2.80. The van der Waals surface area contributed by atoms with Gasteiger partial charge in [-0.1, -0.05) is 0 Å². The Kier molecular flexibility index (Phi) is 3.95. The van der Waals surface area contributed by atoms with E-state index >= 15 is 0 Å². The summed E-state index contributed by atoms with van der Waals surface area (Å²) in [6.45, 7) is 2.78. The lowest BCUT2D eigenvalue weighted by Crippen LogP contribution is -2.54. The van der Waals surface area contributed by atoms with Gasteiger partial charge in [-0.2, -0.15) is 0 Å². The Hall–Kier alpha value is -1.44. The zero-order valence-electron chi connectivity index (χ0n) is 10.6. The van der Waals surface area contributed by atoms with E-state index in [0.29, 0.717) is 13.2 Å². The van der Waals surface area contributed by atoms with Gasteiger partial charge < -0.3 is 19.8 Å². The van der Waals surface area contributed by atoms with Crippen LogP contribution in [0.2, 0.25) is 0 Å². The number of aromatic hydroxyl groups is 2. The molecule has 18 heavy (non-hydrogen) atoms. The van der Waals surface area contributed by atoms with Crippen molar-refractivity contribution in [3.05, 3.63) is 12.1 Å². The fourth-order valence-electron chi connectivity index (χ4n) is 1.89. The molecule has 0 bridgehead atoms. The molecule has 1 unspecified atom stereocenters. The minimum Gasteiger partial charge on any atom is -0.492 e. The minimum atomic E-state index is -0.377. The molecule has 2 N–H and O–H groups in total. The van der Waals surface area contributed by atoms with E-state index in [2.05, 4.69) is 4.90 Å². The SMILES string of the molecule is CN(C)C(On1c(O)ccc1O)N1CCOCC1. The lowest BCUT2D eigenvalue weighted by atomic mass is 10.4. The van der Waals surface area contributed by atoms with Crippen LogP contribution in [0.4, 0.5) is 0 Å². The fraction of sp³-hybridized carbons (Fsp3) is 0.636. The predicted molar refractivity (Wildman–Crippen MR) is 64.2 cm³/mol. The van der Waals surface area contributed by atoms with Gasteiger partial charge in [-0.05, 0) is 14.1 Å². The van der Waals surface area contributed by atoms with E-state index in [0.717, 1.165) is 17.8 Å². The molecule has 2 rings (SSSR count). The van der Waals surface area contributed by atoms with Crippen LogP contribution in [0.15, 0.2) is 12.1 Å².